The largest absolute Gasteiger partial charge is 0.487 e. The number of amidine groups is 1. The first kappa shape index (κ1) is 21.8. The van der Waals surface area contributed by atoms with E-state index in [1.54, 1.807) is 12.1 Å². The third kappa shape index (κ3) is 5.01. The number of fused-ring (bicyclic) bond motifs is 1. The maximum absolute atomic E-state index is 12.9. The summed E-state index contributed by atoms with van der Waals surface area (Å²) in [6, 6.07) is 5.45. The van der Waals surface area contributed by atoms with Gasteiger partial charge in [-0.05, 0) is 45.9 Å². The van der Waals surface area contributed by atoms with Gasteiger partial charge in [0.2, 0.25) is 0 Å². The summed E-state index contributed by atoms with van der Waals surface area (Å²) in [5.74, 6) is 1.55. The molecule has 2 aliphatic heterocycles. The van der Waals surface area contributed by atoms with E-state index in [0.29, 0.717) is 75.8 Å². The first-order valence-electron chi connectivity index (χ1n) is 10.0. The molecule has 29 heavy (non-hydrogen) atoms. The lowest BCUT2D eigenvalue weighted by Crippen LogP contribution is -2.50. The highest BCUT2D eigenvalue weighted by molar-refractivity contribution is 6.00. The van der Waals surface area contributed by atoms with Gasteiger partial charge in [0, 0.05) is 5.56 Å². The van der Waals surface area contributed by atoms with Crippen molar-refractivity contribution >= 4 is 5.84 Å². The van der Waals surface area contributed by atoms with Gasteiger partial charge in [0.1, 0.15) is 13.2 Å². The van der Waals surface area contributed by atoms with Gasteiger partial charge >= 0.3 is 0 Å². The van der Waals surface area contributed by atoms with Crippen LogP contribution >= 0.6 is 0 Å². The fraction of sp³-hybridized carbons (Fsp3) is 0.667. The van der Waals surface area contributed by atoms with Gasteiger partial charge in [-0.3, -0.25) is 4.99 Å². The number of rotatable bonds is 1. The molecule has 2 heterocycles. The van der Waals surface area contributed by atoms with E-state index in [9.17, 15) is 5.21 Å². The molecule has 0 aromatic heterocycles. The van der Waals surface area contributed by atoms with Crippen LogP contribution in [0.1, 0.15) is 33.3 Å². The van der Waals surface area contributed by atoms with Crippen LogP contribution in [0.15, 0.2) is 23.2 Å². The van der Waals surface area contributed by atoms with Crippen LogP contribution in [0.3, 0.4) is 0 Å². The summed E-state index contributed by atoms with van der Waals surface area (Å²) in [7, 11) is 0. The molecule has 1 aromatic carbocycles. The average molecular weight is 407 g/mol. The second-order valence-electron chi connectivity index (χ2n) is 8.04. The Kier molecular flexibility index (Phi) is 7.00. The second-order valence-corrected chi connectivity index (χ2v) is 8.04. The molecule has 0 spiro atoms. The first-order chi connectivity index (χ1) is 13.8. The molecule has 2 aliphatic rings. The Morgan fingerprint density at radius 1 is 0.793 bits per heavy atom. The Bertz CT molecular complexity index is 719. The van der Waals surface area contributed by atoms with Gasteiger partial charge in [-0.25, -0.2) is 0 Å². The lowest BCUT2D eigenvalue weighted by atomic mass is 9.84. The molecule has 0 aliphatic carbocycles. The molecule has 1 radical (unpaired) electrons. The van der Waals surface area contributed by atoms with Crippen molar-refractivity contribution in [2.45, 2.75) is 38.8 Å². The molecule has 8 heteroatoms. The predicted molar refractivity (Wildman–Crippen MR) is 107 cm³/mol. The van der Waals surface area contributed by atoms with Gasteiger partial charge in [-0.15, -0.1) is 0 Å². The van der Waals surface area contributed by atoms with Crippen molar-refractivity contribution in [1.29, 1.82) is 0 Å². The molecule has 0 fully saturated rings. The van der Waals surface area contributed by atoms with Gasteiger partial charge in [0.05, 0.1) is 50.7 Å². The summed E-state index contributed by atoms with van der Waals surface area (Å²) in [6.07, 6.45) is 0. The summed E-state index contributed by atoms with van der Waals surface area (Å²) >= 11 is 0. The molecule has 3 rings (SSSR count). The third-order valence-electron chi connectivity index (χ3n) is 5.50. The Labute approximate surface area is 172 Å². The summed E-state index contributed by atoms with van der Waals surface area (Å²) in [5.41, 5.74) is -0.442. The highest BCUT2D eigenvalue weighted by atomic mass is 16.6. The molecule has 8 nitrogen and oxygen atoms in total. The van der Waals surface area contributed by atoms with Gasteiger partial charge in [0.25, 0.3) is 0 Å². The SMILES string of the molecule is CC1(C)N=C(c2ccc3c(c2)OCCOCCOCCOCCO3)N([O])C1(C)C. The topological polar surface area (TPSA) is 81.7 Å². The molecule has 0 N–H and O–H groups in total. The maximum atomic E-state index is 12.9. The molecular weight excluding hydrogens is 376 g/mol. The van der Waals surface area contributed by atoms with Gasteiger partial charge < -0.3 is 23.7 Å². The van der Waals surface area contributed by atoms with E-state index in [4.69, 9.17) is 23.7 Å². The van der Waals surface area contributed by atoms with Crippen molar-refractivity contribution in [2.24, 2.45) is 4.99 Å². The number of hydrogen-bond donors (Lipinski definition) is 0. The number of benzene rings is 1. The van der Waals surface area contributed by atoms with Crippen molar-refractivity contribution in [3.63, 3.8) is 0 Å². The van der Waals surface area contributed by atoms with E-state index < -0.39 is 11.1 Å². The molecule has 0 amide bonds. The summed E-state index contributed by atoms with van der Waals surface area (Å²) in [5, 5.41) is 13.9. The highest BCUT2D eigenvalue weighted by Gasteiger charge is 2.50. The highest BCUT2D eigenvalue weighted by Crippen LogP contribution is 2.39. The molecule has 161 valence electrons. The Morgan fingerprint density at radius 3 is 1.83 bits per heavy atom. The van der Waals surface area contributed by atoms with Gasteiger partial charge in [-0.2, -0.15) is 5.06 Å². The molecule has 0 atom stereocenters. The van der Waals surface area contributed by atoms with Crippen LogP contribution in [0.5, 0.6) is 11.5 Å². The number of hydroxylamine groups is 2. The van der Waals surface area contributed by atoms with E-state index >= 15 is 0 Å². The zero-order chi connectivity index (χ0) is 20.9. The molecule has 0 saturated carbocycles. The lowest BCUT2D eigenvalue weighted by molar-refractivity contribution is -0.158. The van der Waals surface area contributed by atoms with Crippen LogP contribution in [-0.4, -0.2) is 74.8 Å². The molecular formula is C21H31N2O6. The predicted octanol–water partition coefficient (Wildman–Crippen LogP) is 2.47. The second kappa shape index (κ2) is 9.30. The normalized spacial score (nSPS) is 23.1. The Morgan fingerprint density at radius 2 is 1.31 bits per heavy atom. The standard InChI is InChI=1S/C21H31N2O6/c1-20(2)21(3,4)23(24)19(22-20)16-5-6-17-18(15-16)29-14-12-27-10-8-25-7-9-26-11-13-28-17/h5-6,15H,7-14H2,1-4H3. The van der Waals surface area contributed by atoms with E-state index in [0.717, 1.165) is 5.06 Å². The van der Waals surface area contributed by atoms with Crippen LogP contribution in [0.4, 0.5) is 0 Å². The Hall–Kier alpha value is -1.87. The van der Waals surface area contributed by atoms with Crippen molar-refractivity contribution in [3.8, 4) is 11.5 Å². The summed E-state index contributed by atoms with van der Waals surface area (Å²) in [6.45, 7) is 11.4. The Balaban J connectivity index is 1.80. The van der Waals surface area contributed by atoms with Crippen LogP contribution in [0.2, 0.25) is 0 Å². The van der Waals surface area contributed by atoms with Crippen molar-refractivity contribution < 1.29 is 28.9 Å². The molecule has 0 saturated heterocycles. The summed E-state index contributed by atoms with van der Waals surface area (Å²) < 4.78 is 28.1. The number of ether oxygens (including phenoxy) is 5. The number of hydrogen-bond acceptors (Lipinski definition) is 7. The minimum atomic E-state index is -0.641. The fourth-order valence-electron chi connectivity index (χ4n) is 2.98. The van der Waals surface area contributed by atoms with Crippen molar-refractivity contribution in [2.75, 3.05) is 52.9 Å². The van der Waals surface area contributed by atoms with Crippen LogP contribution in [0, 0.1) is 0 Å². The molecule has 1 aromatic rings. The number of aliphatic imine (C=N–C) groups is 1. The maximum Gasteiger partial charge on any atom is 0.162 e. The van der Waals surface area contributed by atoms with Crippen LogP contribution < -0.4 is 9.47 Å². The fourth-order valence-corrected chi connectivity index (χ4v) is 2.98. The average Bonchev–Trinajstić information content (AvgIpc) is 2.84. The quantitative estimate of drug-likeness (QED) is 0.711. The van der Waals surface area contributed by atoms with Crippen LogP contribution in [-0.2, 0) is 19.4 Å². The zero-order valence-electron chi connectivity index (χ0n) is 17.7. The van der Waals surface area contributed by atoms with Crippen LogP contribution in [0.25, 0.3) is 0 Å². The van der Waals surface area contributed by atoms with Crippen molar-refractivity contribution in [1.82, 2.24) is 5.06 Å². The lowest BCUT2D eigenvalue weighted by Gasteiger charge is -2.35. The third-order valence-corrected chi connectivity index (χ3v) is 5.50. The van der Waals surface area contributed by atoms with Gasteiger partial charge in [0.15, 0.2) is 17.3 Å². The minimum absolute atomic E-state index is 0.362. The van der Waals surface area contributed by atoms with E-state index in [1.165, 1.54) is 0 Å². The summed E-state index contributed by atoms with van der Waals surface area (Å²) in [4.78, 5) is 4.68. The van der Waals surface area contributed by atoms with E-state index in [1.807, 2.05) is 33.8 Å². The number of nitrogens with zero attached hydrogens (tertiary/aromatic N) is 2. The first-order valence-corrected chi connectivity index (χ1v) is 10.0. The molecule has 0 bridgehead atoms. The van der Waals surface area contributed by atoms with Gasteiger partial charge in [-0.1, -0.05) is 5.21 Å². The van der Waals surface area contributed by atoms with E-state index in [2.05, 4.69) is 4.99 Å². The van der Waals surface area contributed by atoms with E-state index in [-0.39, 0.29) is 0 Å². The monoisotopic (exact) mass is 407 g/mol. The smallest absolute Gasteiger partial charge is 0.162 e. The zero-order valence-corrected chi connectivity index (χ0v) is 17.7. The minimum Gasteiger partial charge on any atom is -0.487 e. The van der Waals surface area contributed by atoms with Crippen molar-refractivity contribution in [3.05, 3.63) is 23.8 Å². The molecule has 0 unspecified atom stereocenters.